The molecule has 100 valence electrons. The molecule has 5 heteroatoms. The lowest BCUT2D eigenvalue weighted by molar-refractivity contribution is -0.143. The molecule has 0 aromatic heterocycles. The lowest BCUT2D eigenvalue weighted by Crippen LogP contribution is -2.48. The zero-order valence-electron chi connectivity index (χ0n) is 10.8. The fourth-order valence-corrected chi connectivity index (χ4v) is 2.27. The van der Waals surface area contributed by atoms with Gasteiger partial charge >= 0.3 is 5.97 Å². The molecule has 1 aliphatic heterocycles. The molecule has 1 aliphatic rings. The Morgan fingerprint density at radius 3 is 2.47 bits per heavy atom. The number of rotatable bonds is 6. The van der Waals surface area contributed by atoms with Gasteiger partial charge in [-0.2, -0.15) is 0 Å². The summed E-state index contributed by atoms with van der Waals surface area (Å²) >= 11 is 0. The van der Waals surface area contributed by atoms with Gasteiger partial charge in [-0.1, -0.05) is 13.8 Å². The van der Waals surface area contributed by atoms with Crippen molar-refractivity contribution in [1.82, 2.24) is 4.90 Å². The third kappa shape index (κ3) is 3.40. The molecule has 1 fully saturated rings. The summed E-state index contributed by atoms with van der Waals surface area (Å²) in [6.07, 6.45) is 1.33. The Kier molecular flexibility index (Phi) is 4.91. The number of carboxylic acid groups (broad SMARTS) is 1. The predicted molar refractivity (Wildman–Crippen MR) is 63.9 cm³/mol. The maximum absolute atomic E-state index is 11.1. The van der Waals surface area contributed by atoms with Crippen molar-refractivity contribution >= 4 is 5.97 Å². The molecule has 0 radical (unpaired) electrons. The molecule has 1 saturated heterocycles. The molecule has 0 bridgehead atoms. The number of hydrogen-bond acceptors (Lipinski definition) is 4. The van der Waals surface area contributed by atoms with E-state index in [0.717, 1.165) is 0 Å². The van der Waals surface area contributed by atoms with Crippen LogP contribution in [0.3, 0.4) is 0 Å². The van der Waals surface area contributed by atoms with Crippen LogP contribution in [0.25, 0.3) is 0 Å². The molecule has 1 heterocycles. The van der Waals surface area contributed by atoms with E-state index in [9.17, 15) is 9.90 Å². The van der Waals surface area contributed by atoms with E-state index in [-0.39, 0.29) is 12.6 Å². The Morgan fingerprint density at radius 2 is 2.00 bits per heavy atom. The second-order valence-corrected chi connectivity index (χ2v) is 4.90. The highest BCUT2D eigenvalue weighted by Gasteiger charge is 2.38. The van der Waals surface area contributed by atoms with Crippen molar-refractivity contribution in [2.45, 2.75) is 38.3 Å². The van der Waals surface area contributed by atoms with Gasteiger partial charge in [-0.15, -0.1) is 0 Å². The lowest BCUT2D eigenvalue weighted by atomic mass is 9.94. The van der Waals surface area contributed by atoms with E-state index in [1.54, 1.807) is 0 Å². The molecule has 2 unspecified atom stereocenters. The minimum absolute atomic E-state index is 0.142. The molecule has 0 amide bonds. The van der Waals surface area contributed by atoms with Crippen LogP contribution in [-0.4, -0.2) is 59.5 Å². The Hall–Kier alpha value is -0.650. The van der Waals surface area contributed by atoms with Crippen LogP contribution >= 0.6 is 0 Å². The second kappa shape index (κ2) is 5.80. The average Bonchev–Trinajstić information content (AvgIpc) is 2.77. The van der Waals surface area contributed by atoms with Gasteiger partial charge in [0.05, 0.1) is 24.7 Å². The highest BCUT2D eigenvalue weighted by atomic mass is 16.5. The highest BCUT2D eigenvalue weighted by molar-refractivity contribution is 5.71. The van der Waals surface area contributed by atoms with Crippen molar-refractivity contribution in [2.24, 2.45) is 5.92 Å². The molecular weight excluding hydrogens is 222 g/mol. The largest absolute Gasteiger partial charge is 0.481 e. The van der Waals surface area contributed by atoms with Crippen LogP contribution in [0.4, 0.5) is 0 Å². The number of ether oxygens (including phenoxy) is 1. The van der Waals surface area contributed by atoms with Gasteiger partial charge in [-0.25, -0.2) is 0 Å². The molecule has 17 heavy (non-hydrogen) atoms. The number of likely N-dealkylation sites (N-methyl/N-ethyl adjacent to an activating group) is 1. The van der Waals surface area contributed by atoms with Crippen LogP contribution in [0, 0.1) is 5.92 Å². The molecule has 5 nitrogen and oxygen atoms in total. The number of nitrogens with zero attached hydrogens (tertiary/aromatic N) is 1. The van der Waals surface area contributed by atoms with Crippen molar-refractivity contribution in [3.8, 4) is 0 Å². The third-order valence-electron chi connectivity index (χ3n) is 3.79. The van der Waals surface area contributed by atoms with Crippen molar-refractivity contribution in [3.05, 3.63) is 0 Å². The SMILES string of the molecule is CCC(O)(CC)CN(C)C1COCC1C(=O)O. The number of carboxylic acids is 1. The fraction of sp³-hybridized carbons (Fsp3) is 0.917. The molecule has 0 aromatic rings. The minimum atomic E-state index is -0.823. The van der Waals surface area contributed by atoms with E-state index in [1.165, 1.54) is 0 Å². The number of carbonyl (C=O) groups is 1. The molecule has 0 aromatic carbocycles. The third-order valence-corrected chi connectivity index (χ3v) is 3.79. The number of hydrogen-bond donors (Lipinski definition) is 2. The monoisotopic (exact) mass is 245 g/mol. The predicted octanol–water partition coefficient (Wildman–Crippen LogP) is 0.569. The first-order valence-corrected chi connectivity index (χ1v) is 6.16. The van der Waals surface area contributed by atoms with Crippen LogP contribution in [0.1, 0.15) is 26.7 Å². The van der Waals surface area contributed by atoms with E-state index >= 15 is 0 Å². The smallest absolute Gasteiger partial charge is 0.310 e. The summed E-state index contributed by atoms with van der Waals surface area (Å²) < 4.78 is 5.23. The molecule has 0 spiro atoms. The van der Waals surface area contributed by atoms with E-state index in [0.29, 0.717) is 26.0 Å². The van der Waals surface area contributed by atoms with E-state index in [1.807, 2.05) is 25.8 Å². The molecule has 2 atom stereocenters. The van der Waals surface area contributed by atoms with Gasteiger partial charge in [-0.3, -0.25) is 9.69 Å². The van der Waals surface area contributed by atoms with Crippen LogP contribution in [-0.2, 0) is 9.53 Å². The summed E-state index contributed by atoms with van der Waals surface area (Å²) in [7, 11) is 1.85. The van der Waals surface area contributed by atoms with E-state index in [4.69, 9.17) is 9.84 Å². The number of aliphatic carboxylic acids is 1. The van der Waals surface area contributed by atoms with Crippen LogP contribution in [0.5, 0.6) is 0 Å². The minimum Gasteiger partial charge on any atom is -0.481 e. The Balaban J connectivity index is 2.63. The first-order valence-electron chi connectivity index (χ1n) is 6.16. The van der Waals surface area contributed by atoms with E-state index < -0.39 is 17.5 Å². The van der Waals surface area contributed by atoms with Crippen LogP contribution in [0.15, 0.2) is 0 Å². The van der Waals surface area contributed by atoms with Gasteiger partial charge in [0.1, 0.15) is 0 Å². The van der Waals surface area contributed by atoms with Gasteiger partial charge in [0.15, 0.2) is 0 Å². The second-order valence-electron chi connectivity index (χ2n) is 4.90. The lowest BCUT2D eigenvalue weighted by Gasteiger charge is -2.34. The van der Waals surface area contributed by atoms with Crippen LogP contribution < -0.4 is 0 Å². The van der Waals surface area contributed by atoms with Crippen molar-refractivity contribution < 1.29 is 19.7 Å². The topological polar surface area (TPSA) is 70.0 Å². The summed E-state index contributed by atoms with van der Waals surface area (Å²) in [5, 5.41) is 19.3. The molecule has 1 rings (SSSR count). The van der Waals surface area contributed by atoms with Gasteiger partial charge < -0.3 is 14.9 Å². The summed E-state index contributed by atoms with van der Waals surface area (Å²) in [5.41, 5.74) is -0.736. The molecule has 0 aliphatic carbocycles. The first kappa shape index (κ1) is 14.4. The van der Waals surface area contributed by atoms with Gasteiger partial charge in [0.2, 0.25) is 0 Å². The number of aliphatic hydroxyl groups is 1. The summed E-state index contributed by atoms with van der Waals surface area (Å²) in [4.78, 5) is 13.0. The van der Waals surface area contributed by atoms with Gasteiger partial charge in [0, 0.05) is 12.6 Å². The maximum Gasteiger partial charge on any atom is 0.310 e. The Bertz CT molecular complexity index is 265. The quantitative estimate of drug-likeness (QED) is 0.716. The summed E-state index contributed by atoms with van der Waals surface area (Å²) in [5.74, 6) is -1.31. The molecular formula is C12H23NO4. The van der Waals surface area contributed by atoms with Crippen molar-refractivity contribution in [3.63, 3.8) is 0 Å². The summed E-state index contributed by atoms with van der Waals surface area (Å²) in [6.45, 7) is 5.06. The Labute approximate surface area is 102 Å². The zero-order chi connectivity index (χ0) is 13.1. The van der Waals surface area contributed by atoms with Gasteiger partial charge in [0.25, 0.3) is 0 Å². The molecule has 0 saturated carbocycles. The maximum atomic E-state index is 11.1. The average molecular weight is 245 g/mol. The fourth-order valence-electron chi connectivity index (χ4n) is 2.27. The molecule has 2 N–H and O–H groups in total. The Morgan fingerprint density at radius 1 is 1.41 bits per heavy atom. The summed E-state index contributed by atoms with van der Waals surface area (Å²) in [6, 6.07) is -0.142. The van der Waals surface area contributed by atoms with E-state index in [2.05, 4.69) is 0 Å². The standard InChI is InChI=1S/C12H23NO4/c1-4-12(16,5-2)8-13(3)10-7-17-6-9(10)11(14)15/h9-10,16H,4-8H2,1-3H3,(H,14,15). The van der Waals surface area contributed by atoms with Crippen molar-refractivity contribution in [2.75, 3.05) is 26.8 Å². The highest BCUT2D eigenvalue weighted by Crippen LogP contribution is 2.23. The van der Waals surface area contributed by atoms with Crippen molar-refractivity contribution in [1.29, 1.82) is 0 Å². The van der Waals surface area contributed by atoms with Gasteiger partial charge in [-0.05, 0) is 19.9 Å². The zero-order valence-corrected chi connectivity index (χ0v) is 10.8. The first-order chi connectivity index (χ1) is 7.93. The van der Waals surface area contributed by atoms with Crippen LogP contribution in [0.2, 0.25) is 0 Å². The normalized spacial score (nSPS) is 25.5.